The Morgan fingerprint density at radius 1 is 0.418 bits per heavy atom. The highest BCUT2D eigenvalue weighted by molar-refractivity contribution is 6.10. The van der Waals surface area contributed by atoms with Crippen LogP contribution in [0.4, 0.5) is 13.2 Å². The van der Waals surface area contributed by atoms with Gasteiger partial charge >= 0.3 is 6.18 Å². The second-order valence-electron chi connectivity index (χ2n) is 16.1. The molecule has 0 atom stereocenters. The van der Waals surface area contributed by atoms with Crippen LogP contribution in [0.1, 0.15) is 58.2 Å². The highest BCUT2D eigenvalue weighted by atomic mass is 19.4. The van der Waals surface area contributed by atoms with Gasteiger partial charge in [0.25, 0.3) is 0 Å². The maximum Gasteiger partial charge on any atom is 0.416 e. The fourth-order valence-corrected chi connectivity index (χ4v) is 7.08. The SMILES string of the molecule is CC(C)(C)c1ccc2c3ccc(C(C)(C)C)cc3n(-c3cc(-c4ccc(C(F)(F)F)cc4)ccc3-c3nc(-c4ccccc4)nc(-c4ccccc4)n3)c2c1. The number of fused-ring (bicyclic) bond motifs is 3. The summed E-state index contributed by atoms with van der Waals surface area (Å²) < 4.78 is 43.2. The molecule has 2 heterocycles. The number of halogens is 3. The van der Waals surface area contributed by atoms with Crippen LogP contribution in [0.3, 0.4) is 0 Å². The minimum absolute atomic E-state index is 0.125. The molecule has 55 heavy (non-hydrogen) atoms. The van der Waals surface area contributed by atoms with E-state index in [-0.39, 0.29) is 10.8 Å². The summed E-state index contributed by atoms with van der Waals surface area (Å²) in [7, 11) is 0. The molecule has 0 radical (unpaired) electrons. The number of benzene rings is 6. The van der Waals surface area contributed by atoms with Crippen molar-refractivity contribution in [2.75, 3.05) is 0 Å². The fraction of sp³-hybridized carbons (Fsp3) is 0.188. The number of hydrogen-bond acceptors (Lipinski definition) is 3. The van der Waals surface area contributed by atoms with Crippen LogP contribution in [-0.2, 0) is 17.0 Å². The van der Waals surface area contributed by atoms with Gasteiger partial charge in [0.1, 0.15) is 0 Å². The van der Waals surface area contributed by atoms with Crippen LogP contribution < -0.4 is 0 Å². The van der Waals surface area contributed by atoms with Gasteiger partial charge in [-0.2, -0.15) is 13.2 Å². The van der Waals surface area contributed by atoms with E-state index >= 15 is 0 Å². The molecule has 274 valence electrons. The van der Waals surface area contributed by atoms with Crippen LogP contribution in [0.25, 0.3) is 72.8 Å². The van der Waals surface area contributed by atoms with Crippen LogP contribution in [0.2, 0.25) is 0 Å². The van der Waals surface area contributed by atoms with Gasteiger partial charge < -0.3 is 4.57 Å². The summed E-state index contributed by atoms with van der Waals surface area (Å²) >= 11 is 0. The predicted octanol–water partition coefficient (Wildman–Crippen LogP) is 13.3. The highest BCUT2D eigenvalue weighted by Crippen LogP contribution is 2.41. The van der Waals surface area contributed by atoms with Crippen molar-refractivity contribution in [2.45, 2.75) is 58.5 Å². The van der Waals surface area contributed by atoms with Crippen molar-refractivity contribution >= 4 is 21.8 Å². The maximum absolute atomic E-state index is 13.6. The van der Waals surface area contributed by atoms with Gasteiger partial charge in [0.05, 0.1) is 22.3 Å². The maximum atomic E-state index is 13.6. The first-order valence-corrected chi connectivity index (χ1v) is 18.4. The van der Waals surface area contributed by atoms with Gasteiger partial charge in [0.2, 0.25) is 0 Å². The second kappa shape index (κ2) is 13.3. The van der Waals surface area contributed by atoms with Gasteiger partial charge in [-0.3, -0.25) is 0 Å². The zero-order valence-electron chi connectivity index (χ0n) is 31.7. The van der Waals surface area contributed by atoms with E-state index in [2.05, 4.69) is 88.6 Å². The Labute approximate surface area is 319 Å². The minimum atomic E-state index is -4.43. The quantitative estimate of drug-likeness (QED) is 0.177. The minimum Gasteiger partial charge on any atom is -0.308 e. The Morgan fingerprint density at radius 3 is 1.31 bits per heavy atom. The van der Waals surface area contributed by atoms with E-state index in [1.54, 1.807) is 0 Å². The fourth-order valence-electron chi connectivity index (χ4n) is 7.08. The van der Waals surface area contributed by atoms with E-state index in [1.807, 2.05) is 72.8 Å². The Morgan fingerprint density at radius 2 is 0.855 bits per heavy atom. The number of alkyl halides is 3. The average Bonchev–Trinajstić information content (AvgIpc) is 3.50. The summed E-state index contributed by atoms with van der Waals surface area (Å²) in [6.07, 6.45) is -4.43. The number of nitrogens with zero attached hydrogens (tertiary/aromatic N) is 4. The van der Waals surface area contributed by atoms with Crippen LogP contribution in [0, 0.1) is 0 Å². The Bertz CT molecular complexity index is 2550. The number of rotatable bonds is 5. The molecule has 0 aliphatic rings. The van der Waals surface area contributed by atoms with E-state index in [4.69, 9.17) is 15.0 Å². The molecule has 6 aromatic carbocycles. The molecule has 2 aromatic heterocycles. The third-order valence-corrected chi connectivity index (χ3v) is 10.2. The predicted molar refractivity (Wildman–Crippen MR) is 218 cm³/mol. The lowest BCUT2D eigenvalue weighted by atomic mass is 9.86. The zero-order chi connectivity index (χ0) is 38.7. The molecule has 0 aliphatic heterocycles. The standard InChI is InChI=1S/C48H41F3N4/c1-46(2,3)35-22-25-37-38-26-23-36(47(4,5)6)29-42(38)55(41(37)28-35)40-27-33(30-17-20-34(21-18-30)48(49,50)51)19-24-39(40)45-53-43(31-13-9-7-10-14-31)52-44(54-45)32-15-11-8-12-16-32/h7-29H,1-6H3. The van der Waals surface area contributed by atoms with Crippen molar-refractivity contribution in [3.05, 3.63) is 156 Å². The summed E-state index contributed by atoms with van der Waals surface area (Å²) in [5.41, 5.74) is 8.15. The molecule has 7 heteroatoms. The summed E-state index contributed by atoms with van der Waals surface area (Å²) in [5.74, 6) is 1.56. The highest BCUT2D eigenvalue weighted by Gasteiger charge is 2.30. The van der Waals surface area contributed by atoms with Gasteiger partial charge in [0, 0.05) is 27.5 Å². The number of aromatic nitrogens is 4. The molecule has 0 bridgehead atoms. The third-order valence-electron chi connectivity index (χ3n) is 10.2. The Balaban J connectivity index is 1.48. The topological polar surface area (TPSA) is 43.6 Å². The molecule has 0 saturated heterocycles. The first kappa shape index (κ1) is 35.9. The molecule has 0 saturated carbocycles. The summed E-state index contributed by atoms with van der Waals surface area (Å²) in [6.45, 7) is 13.2. The van der Waals surface area contributed by atoms with Crippen molar-refractivity contribution in [1.82, 2.24) is 19.5 Å². The summed E-state index contributed by atoms with van der Waals surface area (Å²) in [5, 5.41) is 2.19. The molecule has 0 N–H and O–H groups in total. The normalized spacial score (nSPS) is 12.5. The molecule has 4 nitrogen and oxygen atoms in total. The lowest BCUT2D eigenvalue weighted by molar-refractivity contribution is -0.137. The third kappa shape index (κ3) is 6.91. The molecule has 0 spiro atoms. The van der Waals surface area contributed by atoms with Crippen molar-refractivity contribution in [3.63, 3.8) is 0 Å². The molecule has 8 rings (SSSR count). The van der Waals surface area contributed by atoms with Crippen molar-refractivity contribution in [1.29, 1.82) is 0 Å². The van der Waals surface area contributed by atoms with Gasteiger partial charge in [-0.25, -0.2) is 15.0 Å². The van der Waals surface area contributed by atoms with E-state index in [1.165, 1.54) is 23.3 Å². The molecule has 8 aromatic rings. The van der Waals surface area contributed by atoms with Crippen LogP contribution in [0.15, 0.2) is 140 Å². The van der Waals surface area contributed by atoms with Gasteiger partial charge in [-0.1, -0.05) is 145 Å². The molecule has 0 unspecified atom stereocenters. The van der Waals surface area contributed by atoms with E-state index in [0.29, 0.717) is 23.0 Å². The van der Waals surface area contributed by atoms with E-state index in [9.17, 15) is 13.2 Å². The van der Waals surface area contributed by atoms with Crippen LogP contribution in [0.5, 0.6) is 0 Å². The molecular formula is C48H41F3N4. The van der Waals surface area contributed by atoms with Crippen molar-refractivity contribution in [2.24, 2.45) is 0 Å². The van der Waals surface area contributed by atoms with Crippen LogP contribution in [-0.4, -0.2) is 19.5 Å². The summed E-state index contributed by atoms with van der Waals surface area (Å²) in [6, 6.07) is 44.4. The number of hydrogen-bond donors (Lipinski definition) is 0. The van der Waals surface area contributed by atoms with Gasteiger partial charge in [0.15, 0.2) is 17.5 Å². The molecular weight excluding hydrogens is 690 g/mol. The first-order valence-electron chi connectivity index (χ1n) is 18.4. The molecule has 0 fully saturated rings. The lowest BCUT2D eigenvalue weighted by Crippen LogP contribution is -2.11. The van der Waals surface area contributed by atoms with Gasteiger partial charge in [-0.15, -0.1) is 0 Å². The van der Waals surface area contributed by atoms with Crippen LogP contribution >= 0.6 is 0 Å². The first-order chi connectivity index (χ1) is 26.1. The lowest BCUT2D eigenvalue weighted by Gasteiger charge is -2.21. The second-order valence-corrected chi connectivity index (χ2v) is 16.1. The van der Waals surface area contributed by atoms with Crippen molar-refractivity contribution in [3.8, 4) is 51.0 Å². The Hall–Kier alpha value is -6.08. The van der Waals surface area contributed by atoms with E-state index in [0.717, 1.165) is 61.9 Å². The Kier molecular flexibility index (Phi) is 8.71. The van der Waals surface area contributed by atoms with Gasteiger partial charge in [-0.05, 0) is 69.5 Å². The van der Waals surface area contributed by atoms with Crippen molar-refractivity contribution < 1.29 is 13.2 Å². The monoisotopic (exact) mass is 730 g/mol. The zero-order valence-corrected chi connectivity index (χ0v) is 31.7. The molecule has 0 amide bonds. The largest absolute Gasteiger partial charge is 0.416 e. The smallest absolute Gasteiger partial charge is 0.308 e. The molecule has 0 aliphatic carbocycles. The average molecular weight is 731 g/mol. The summed E-state index contributed by atoms with van der Waals surface area (Å²) in [4.78, 5) is 15.2. The van der Waals surface area contributed by atoms with E-state index < -0.39 is 11.7 Å².